The van der Waals surface area contributed by atoms with Crippen molar-refractivity contribution >= 4 is 0 Å². The summed E-state index contributed by atoms with van der Waals surface area (Å²) < 4.78 is 5.31. The predicted molar refractivity (Wildman–Crippen MR) is 88.8 cm³/mol. The number of nitrogens with one attached hydrogen (secondary N) is 1. The Kier molecular flexibility index (Phi) is 6.07. The van der Waals surface area contributed by atoms with Crippen LogP contribution >= 0.6 is 0 Å². The van der Waals surface area contributed by atoms with Crippen LogP contribution in [0.1, 0.15) is 45.2 Å². The van der Waals surface area contributed by atoms with Crippen LogP contribution < -0.4 is 10.1 Å². The first-order chi connectivity index (χ1) is 10.1. The van der Waals surface area contributed by atoms with Crippen LogP contribution in [0.5, 0.6) is 5.75 Å². The van der Waals surface area contributed by atoms with Gasteiger partial charge in [0.15, 0.2) is 0 Å². The van der Waals surface area contributed by atoms with E-state index >= 15 is 0 Å². The van der Waals surface area contributed by atoms with Crippen LogP contribution in [0.25, 0.3) is 0 Å². The van der Waals surface area contributed by atoms with Crippen LogP contribution in [-0.2, 0) is 0 Å². The zero-order valence-corrected chi connectivity index (χ0v) is 13.9. The molecule has 1 N–H and O–H groups in total. The normalized spacial score (nSPS) is 18.9. The molecule has 0 unspecified atom stereocenters. The Morgan fingerprint density at radius 1 is 1.24 bits per heavy atom. The lowest BCUT2D eigenvalue weighted by Crippen LogP contribution is -2.44. The smallest absolute Gasteiger partial charge is 0.119 e. The molecular weight excluding hydrogens is 260 g/mol. The predicted octanol–water partition coefficient (Wildman–Crippen LogP) is 3.47. The molecule has 0 radical (unpaired) electrons. The summed E-state index contributed by atoms with van der Waals surface area (Å²) in [7, 11) is 1.72. The minimum atomic E-state index is 0.377. The van der Waals surface area contributed by atoms with Crippen molar-refractivity contribution < 1.29 is 4.74 Å². The fraction of sp³-hybridized carbons (Fsp3) is 0.667. The summed E-state index contributed by atoms with van der Waals surface area (Å²) in [6, 6.07) is 9.38. The Bertz CT molecular complexity index is 425. The number of benzene rings is 1. The molecule has 0 aromatic heterocycles. The third-order valence-corrected chi connectivity index (χ3v) is 4.29. The van der Waals surface area contributed by atoms with Crippen molar-refractivity contribution in [1.29, 1.82) is 0 Å². The van der Waals surface area contributed by atoms with Crippen molar-refractivity contribution in [3.8, 4) is 5.75 Å². The van der Waals surface area contributed by atoms with Crippen LogP contribution in [0, 0.1) is 5.92 Å². The molecule has 3 heteroatoms. The first-order valence-electron chi connectivity index (χ1n) is 8.21. The maximum Gasteiger partial charge on any atom is 0.119 e. The van der Waals surface area contributed by atoms with Gasteiger partial charge in [-0.25, -0.2) is 0 Å². The highest BCUT2D eigenvalue weighted by atomic mass is 16.5. The van der Waals surface area contributed by atoms with Crippen LogP contribution in [0.15, 0.2) is 24.3 Å². The topological polar surface area (TPSA) is 24.5 Å². The quantitative estimate of drug-likeness (QED) is 0.868. The molecule has 0 spiro atoms. The highest BCUT2D eigenvalue weighted by Crippen LogP contribution is 2.21. The molecule has 118 valence electrons. The molecule has 0 aliphatic carbocycles. The molecule has 1 heterocycles. The number of ether oxygens (including phenoxy) is 1. The van der Waals surface area contributed by atoms with E-state index in [1.54, 1.807) is 7.11 Å². The van der Waals surface area contributed by atoms with Crippen molar-refractivity contribution in [3.05, 3.63) is 29.8 Å². The molecule has 1 aliphatic rings. The third-order valence-electron chi connectivity index (χ3n) is 4.29. The zero-order valence-electron chi connectivity index (χ0n) is 13.9. The van der Waals surface area contributed by atoms with Gasteiger partial charge < -0.3 is 15.0 Å². The average molecular weight is 290 g/mol. The molecule has 1 saturated heterocycles. The molecule has 0 saturated carbocycles. The van der Waals surface area contributed by atoms with Crippen LogP contribution in [0.3, 0.4) is 0 Å². The number of methoxy groups -OCH3 is 1. The third kappa shape index (κ3) is 5.01. The number of hydrogen-bond acceptors (Lipinski definition) is 3. The van der Waals surface area contributed by atoms with Gasteiger partial charge in [0.25, 0.3) is 0 Å². The monoisotopic (exact) mass is 290 g/mol. The van der Waals surface area contributed by atoms with Gasteiger partial charge in [0.1, 0.15) is 5.75 Å². The van der Waals surface area contributed by atoms with Crippen molar-refractivity contribution in [1.82, 2.24) is 10.2 Å². The number of nitrogens with zero attached hydrogens (tertiary/aromatic N) is 1. The number of hydrogen-bond donors (Lipinski definition) is 1. The molecule has 1 aliphatic heterocycles. The number of piperidine rings is 1. The summed E-state index contributed by atoms with van der Waals surface area (Å²) >= 11 is 0. The minimum Gasteiger partial charge on any atom is -0.497 e. The minimum absolute atomic E-state index is 0.377. The van der Waals surface area contributed by atoms with Gasteiger partial charge in [-0.05, 0) is 56.5 Å². The van der Waals surface area contributed by atoms with E-state index in [-0.39, 0.29) is 0 Å². The maximum absolute atomic E-state index is 5.31. The van der Waals surface area contributed by atoms with E-state index in [1.165, 1.54) is 38.0 Å². The van der Waals surface area contributed by atoms with E-state index in [9.17, 15) is 0 Å². The Balaban J connectivity index is 1.82. The second kappa shape index (κ2) is 7.81. The van der Waals surface area contributed by atoms with Crippen LogP contribution in [0.2, 0.25) is 0 Å². The molecule has 0 amide bonds. The molecule has 2 rings (SSSR count). The van der Waals surface area contributed by atoms with Gasteiger partial charge in [0.2, 0.25) is 0 Å². The van der Waals surface area contributed by atoms with E-state index < -0.39 is 0 Å². The second-order valence-electron chi connectivity index (χ2n) is 6.63. The van der Waals surface area contributed by atoms with Gasteiger partial charge >= 0.3 is 0 Å². The molecule has 3 nitrogen and oxygen atoms in total. The lowest BCUT2D eigenvalue weighted by molar-refractivity contribution is 0.175. The summed E-state index contributed by atoms with van der Waals surface area (Å²) in [6.45, 7) is 10.5. The van der Waals surface area contributed by atoms with Gasteiger partial charge in [-0.2, -0.15) is 0 Å². The largest absolute Gasteiger partial charge is 0.497 e. The lowest BCUT2D eigenvalue weighted by atomic mass is 10.0. The first kappa shape index (κ1) is 16.3. The molecule has 1 fully saturated rings. The fourth-order valence-electron chi connectivity index (χ4n) is 3.16. The highest BCUT2D eigenvalue weighted by molar-refractivity contribution is 5.30. The summed E-state index contributed by atoms with van der Waals surface area (Å²) in [5.74, 6) is 1.71. The van der Waals surface area contributed by atoms with E-state index in [0.717, 1.165) is 11.7 Å². The SMILES string of the molecule is COc1cccc([C@H](C)NC2CCN(CC(C)C)CC2)c1. The average Bonchev–Trinajstić information content (AvgIpc) is 2.49. The maximum atomic E-state index is 5.31. The summed E-state index contributed by atoms with van der Waals surface area (Å²) in [4.78, 5) is 2.60. The van der Waals surface area contributed by atoms with Crippen molar-refractivity contribution in [2.75, 3.05) is 26.7 Å². The van der Waals surface area contributed by atoms with Gasteiger partial charge in [-0.1, -0.05) is 26.0 Å². The zero-order chi connectivity index (χ0) is 15.2. The van der Waals surface area contributed by atoms with Crippen LogP contribution in [-0.4, -0.2) is 37.7 Å². The first-order valence-corrected chi connectivity index (χ1v) is 8.21. The molecule has 1 aromatic carbocycles. The Hall–Kier alpha value is -1.06. The molecular formula is C18H30N2O. The molecule has 1 atom stereocenters. The van der Waals surface area contributed by atoms with Crippen molar-refractivity contribution in [2.45, 2.75) is 45.7 Å². The van der Waals surface area contributed by atoms with Gasteiger partial charge in [-0.3, -0.25) is 0 Å². The molecule has 0 bridgehead atoms. The van der Waals surface area contributed by atoms with E-state index in [0.29, 0.717) is 12.1 Å². The lowest BCUT2D eigenvalue weighted by Gasteiger charge is -2.34. The Labute approximate surface area is 129 Å². The summed E-state index contributed by atoms with van der Waals surface area (Å²) in [6.07, 6.45) is 2.50. The standard InChI is InChI=1S/C18H30N2O/c1-14(2)13-20-10-8-17(9-11-20)19-15(3)16-6-5-7-18(12-16)21-4/h5-7,12,14-15,17,19H,8-11,13H2,1-4H3/t15-/m0/s1. The number of rotatable bonds is 6. The van der Waals surface area contributed by atoms with Crippen molar-refractivity contribution in [3.63, 3.8) is 0 Å². The van der Waals surface area contributed by atoms with E-state index in [1.807, 2.05) is 6.07 Å². The Morgan fingerprint density at radius 2 is 1.95 bits per heavy atom. The second-order valence-corrected chi connectivity index (χ2v) is 6.63. The van der Waals surface area contributed by atoms with Gasteiger partial charge in [0, 0.05) is 18.6 Å². The van der Waals surface area contributed by atoms with Gasteiger partial charge in [-0.15, -0.1) is 0 Å². The molecule has 1 aromatic rings. The summed E-state index contributed by atoms with van der Waals surface area (Å²) in [5.41, 5.74) is 1.30. The number of likely N-dealkylation sites (tertiary alicyclic amines) is 1. The molecule has 21 heavy (non-hydrogen) atoms. The van der Waals surface area contributed by atoms with E-state index in [4.69, 9.17) is 4.74 Å². The highest BCUT2D eigenvalue weighted by Gasteiger charge is 2.21. The van der Waals surface area contributed by atoms with Crippen LogP contribution in [0.4, 0.5) is 0 Å². The fourth-order valence-corrected chi connectivity index (χ4v) is 3.16. The van der Waals surface area contributed by atoms with Gasteiger partial charge in [0.05, 0.1) is 7.11 Å². The van der Waals surface area contributed by atoms with E-state index in [2.05, 4.69) is 49.2 Å². The summed E-state index contributed by atoms with van der Waals surface area (Å²) in [5, 5.41) is 3.78. The van der Waals surface area contributed by atoms with Crippen molar-refractivity contribution in [2.24, 2.45) is 5.92 Å². The Morgan fingerprint density at radius 3 is 2.57 bits per heavy atom.